The van der Waals surface area contributed by atoms with Crippen LogP contribution in [0.2, 0.25) is 0 Å². The number of nitrogens with zero attached hydrogens (tertiary/aromatic N) is 2. The van der Waals surface area contributed by atoms with E-state index in [1.165, 1.54) is 18.0 Å². The van der Waals surface area contributed by atoms with Crippen molar-refractivity contribution >= 4 is 11.8 Å². The normalized spacial score (nSPS) is 14.1. The molecule has 2 heterocycles. The smallest absolute Gasteiger partial charge is 0.301 e. The maximum absolute atomic E-state index is 12.6. The molecule has 0 spiro atoms. The van der Waals surface area contributed by atoms with Crippen molar-refractivity contribution in [3.63, 3.8) is 0 Å². The van der Waals surface area contributed by atoms with E-state index in [9.17, 15) is 18.0 Å². The van der Waals surface area contributed by atoms with Gasteiger partial charge in [-0.1, -0.05) is 11.8 Å². The van der Waals surface area contributed by atoms with E-state index < -0.39 is 11.9 Å². The molecule has 0 saturated heterocycles. The molecule has 8 heteroatoms. The molecule has 23 heavy (non-hydrogen) atoms. The van der Waals surface area contributed by atoms with E-state index in [0.29, 0.717) is 22.0 Å². The Hall–Kier alpha value is -1.83. The molecule has 1 N–H and O–H groups in total. The van der Waals surface area contributed by atoms with E-state index >= 15 is 0 Å². The first kappa shape index (κ1) is 16.0. The lowest BCUT2D eigenvalue weighted by Gasteiger charge is -2.10. The molecule has 0 aromatic carbocycles. The van der Waals surface area contributed by atoms with Crippen LogP contribution in [0.3, 0.4) is 0 Å². The Morgan fingerprint density at radius 2 is 2.13 bits per heavy atom. The first-order valence-corrected chi connectivity index (χ1v) is 8.11. The number of pyridine rings is 1. The molecule has 0 bridgehead atoms. The van der Waals surface area contributed by atoms with Gasteiger partial charge in [0.25, 0.3) is 5.56 Å². The fourth-order valence-corrected chi connectivity index (χ4v) is 3.46. The van der Waals surface area contributed by atoms with Crippen molar-refractivity contribution in [1.82, 2.24) is 15.0 Å². The van der Waals surface area contributed by atoms with Gasteiger partial charge in [-0.25, -0.2) is 4.98 Å². The highest BCUT2D eigenvalue weighted by molar-refractivity contribution is 7.98. The molecular weight excluding hydrogens is 327 g/mol. The summed E-state index contributed by atoms with van der Waals surface area (Å²) in [6.45, 7) is 1.62. The monoisotopic (exact) mass is 341 g/mol. The number of nitrogens with one attached hydrogen (secondary N) is 1. The summed E-state index contributed by atoms with van der Waals surface area (Å²) in [5.74, 6) is 0.401. The van der Waals surface area contributed by atoms with Crippen molar-refractivity contribution in [3.8, 4) is 0 Å². The summed E-state index contributed by atoms with van der Waals surface area (Å²) in [7, 11) is 0. The third-order valence-corrected chi connectivity index (χ3v) is 4.72. The summed E-state index contributed by atoms with van der Waals surface area (Å²) in [6.07, 6.45) is -0.723. The maximum atomic E-state index is 12.6. The molecule has 0 unspecified atom stereocenters. The molecule has 1 aliphatic rings. The minimum atomic E-state index is -4.44. The van der Waals surface area contributed by atoms with Gasteiger partial charge in [0.2, 0.25) is 0 Å². The van der Waals surface area contributed by atoms with Crippen molar-refractivity contribution < 1.29 is 13.2 Å². The van der Waals surface area contributed by atoms with Crippen LogP contribution in [-0.2, 0) is 24.8 Å². The van der Waals surface area contributed by atoms with Crippen LogP contribution in [0, 0.1) is 6.92 Å². The molecule has 2 aromatic heterocycles. The standard InChI is InChI=1S/C15H14F3N3OS/c1-8-5-12(15(16,17)18)19-6-9(8)7-23-14-20-11-4-2-3-10(11)13(22)21-14/h5-6H,2-4,7H2,1H3,(H,20,21,22). The average Bonchev–Trinajstić information content (AvgIpc) is 2.94. The van der Waals surface area contributed by atoms with Crippen LogP contribution in [0.15, 0.2) is 22.2 Å². The van der Waals surface area contributed by atoms with Gasteiger partial charge in [-0.05, 0) is 43.4 Å². The summed E-state index contributed by atoms with van der Waals surface area (Å²) >= 11 is 1.29. The molecule has 0 amide bonds. The molecule has 0 aliphatic heterocycles. The third-order valence-electron chi connectivity index (χ3n) is 3.79. The van der Waals surface area contributed by atoms with Crippen LogP contribution in [0.5, 0.6) is 0 Å². The van der Waals surface area contributed by atoms with Crippen LogP contribution in [0.1, 0.15) is 34.5 Å². The summed E-state index contributed by atoms with van der Waals surface area (Å²) in [4.78, 5) is 22.5. The lowest BCUT2D eigenvalue weighted by Crippen LogP contribution is -2.15. The summed E-state index contributed by atoms with van der Waals surface area (Å²) in [5, 5.41) is 0.495. The second-order valence-electron chi connectivity index (χ2n) is 5.43. The number of aromatic nitrogens is 3. The SMILES string of the molecule is Cc1cc(C(F)(F)F)ncc1CSc1nc2c(c(=O)[nH]1)CCC2. The van der Waals surface area contributed by atoms with E-state index in [2.05, 4.69) is 15.0 Å². The molecular formula is C15H14F3N3OS. The van der Waals surface area contributed by atoms with Crippen LogP contribution in [0.25, 0.3) is 0 Å². The van der Waals surface area contributed by atoms with E-state index in [1.807, 2.05) is 0 Å². The minimum Gasteiger partial charge on any atom is -0.301 e. The minimum absolute atomic E-state index is 0.114. The van der Waals surface area contributed by atoms with Crippen LogP contribution in [0.4, 0.5) is 13.2 Å². The highest BCUT2D eigenvalue weighted by Crippen LogP contribution is 2.30. The average molecular weight is 341 g/mol. The zero-order valence-corrected chi connectivity index (χ0v) is 13.1. The number of H-pyrrole nitrogens is 1. The van der Waals surface area contributed by atoms with E-state index in [0.717, 1.165) is 36.6 Å². The Morgan fingerprint density at radius 1 is 1.35 bits per heavy atom. The number of aromatic amines is 1. The van der Waals surface area contributed by atoms with Crippen molar-refractivity contribution in [3.05, 3.63) is 50.7 Å². The topological polar surface area (TPSA) is 58.6 Å². The lowest BCUT2D eigenvalue weighted by atomic mass is 10.1. The fraction of sp³-hybridized carbons (Fsp3) is 0.400. The van der Waals surface area contributed by atoms with Gasteiger partial charge in [0.15, 0.2) is 5.16 Å². The van der Waals surface area contributed by atoms with Crippen LogP contribution < -0.4 is 5.56 Å². The maximum Gasteiger partial charge on any atom is 0.433 e. The molecule has 0 saturated carbocycles. The predicted molar refractivity (Wildman–Crippen MR) is 80.4 cm³/mol. The highest BCUT2D eigenvalue weighted by atomic mass is 32.2. The number of thioether (sulfide) groups is 1. The van der Waals surface area contributed by atoms with Crippen molar-refractivity contribution in [2.45, 2.75) is 43.3 Å². The molecule has 0 fully saturated rings. The fourth-order valence-electron chi connectivity index (χ4n) is 2.52. The van der Waals surface area contributed by atoms with Crippen molar-refractivity contribution in [1.29, 1.82) is 0 Å². The van der Waals surface area contributed by atoms with Gasteiger partial charge >= 0.3 is 6.18 Å². The molecule has 0 radical (unpaired) electrons. The second kappa shape index (κ2) is 5.99. The Labute approximate surface area is 134 Å². The third kappa shape index (κ3) is 3.41. The Morgan fingerprint density at radius 3 is 2.83 bits per heavy atom. The van der Waals surface area contributed by atoms with Gasteiger partial charge in [-0.2, -0.15) is 13.2 Å². The van der Waals surface area contributed by atoms with Gasteiger partial charge in [0.1, 0.15) is 5.69 Å². The zero-order valence-electron chi connectivity index (χ0n) is 12.3. The number of hydrogen-bond acceptors (Lipinski definition) is 4. The quantitative estimate of drug-likeness (QED) is 0.688. The van der Waals surface area contributed by atoms with Crippen molar-refractivity contribution in [2.24, 2.45) is 0 Å². The first-order chi connectivity index (χ1) is 10.8. The Balaban J connectivity index is 1.76. The van der Waals surface area contributed by atoms with Crippen molar-refractivity contribution in [2.75, 3.05) is 0 Å². The number of hydrogen-bond donors (Lipinski definition) is 1. The molecule has 122 valence electrons. The molecule has 2 aromatic rings. The van der Waals surface area contributed by atoms with Crippen LogP contribution in [-0.4, -0.2) is 15.0 Å². The molecule has 1 aliphatic carbocycles. The number of fused-ring (bicyclic) bond motifs is 1. The van der Waals surface area contributed by atoms with Gasteiger partial charge in [-0.15, -0.1) is 0 Å². The summed E-state index contributed by atoms with van der Waals surface area (Å²) in [5.41, 5.74) is 1.78. The Bertz CT molecular complexity index is 802. The Kier molecular flexibility index (Phi) is 4.18. The number of aryl methyl sites for hydroxylation is 2. The largest absolute Gasteiger partial charge is 0.433 e. The lowest BCUT2D eigenvalue weighted by molar-refractivity contribution is -0.141. The van der Waals surface area contributed by atoms with Gasteiger partial charge < -0.3 is 4.98 Å². The molecule has 4 nitrogen and oxygen atoms in total. The first-order valence-electron chi connectivity index (χ1n) is 7.12. The van der Waals surface area contributed by atoms with E-state index in [4.69, 9.17) is 0 Å². The van der Waals surface area contributed by atoms with Crippen LogP contribution >= 0.6 is 11.8 Å². The highest BCUT2D eigenvalue weighted by Gasteiger charge is 2.32. The summed E-state index contributed by atoms with van der Waals surface area (Å²) in [6, 6.07) is 1.04. The number of halogens is 3. The van der Waals surface area contributed by atoms with Gasteiger partial charge in [-0.3, -0.25) is 9.78 Å². The van der Waals surface area contributed by atoms with Gasteiger partial charge in [0.05, 0.1) is 5.69 Å². The number of rotatable bonds is 3. The molecule has 3 rings (SSSR count). The predicted octanol–water partition coefficient (Wildman–Crippen LogP) is 3.27. The number of alkyl halides is 3. The van der Waals surface area contributed by atoms with E-state index in [1.54, 1.807) is 6.92 Å². The molecule has 0 atom stereocenters. The van der Waals surface area contributed by atoms with E-state index in [-0.39, 0.29) is 5.56 Å². The second-order valence-corrected chi connectivity index (χ2v) is 6.40. The zero-order chi connectivity index (χ0) is 16.6. The summed E-state index contributed by atoms with van der Waals surface area (Å²) < 4.78 is 37.8. The van der Waals surface area contributed by atoms with Gasteiger partial charge in [0, 0.05) is 17.5 Å².